The Bertz CT molecular complexity index is 2860. The van der Waals surface area contributed by atoms with E-state index < -0.39 is 91.5 Å². The molecule has 117 heavy (non-hydrogen) atoms. The lowest BCUT2D eigenvalue weighted by Crippen LogP contribution is -2.30. The predicted molar refractivity (Wildman–Crippen MR) is 491 cm³/mol. The van der Waals surface area contributed by atoms with Gasteiger partial charge in [0.1, 0.15) is 25.4 Å². The Balaban J connectivity index is 4.62. The maximum atomic E-state index is 13.0. The Morgan fingerprint density at radius 3 is 0.735 bits per heavy atom. The van der Waals surface area contributed by atoms with Crippen LogP contribution in [0.3, 0.4) is 0 Å². The SMILES string of the molecule is CC/C=C\C/C=C\C/C=C\C/C=C\C/C=C\C/C=C\CCCCC(=O)OC(COC(=O)CCCCCCCCCCCCCCC/C=C\C/C=C\C/C=C\C/C=C\CCCCC)COP(=O)(O)OCC(O)COP(=O)(O)OCC(O)COC(=O)CCCCCCCCCCCCCCCCC/C=C\C/C=C\C/C=C\C/C=C\C/C=C\CC. The maximum absolute atomic E-state index is 13.0. The third-order valence-corrected chi connectivity index (χ3v) is 21.0. The van der Waals surface area contributed by atoms with E-state index in [1.165, 1.54) is 154 Å². The van der Waals surface area contributed by atoms with Crippen molar-refractivity contribution in [1.29, 1.82) is 0 Å². The van der Waals surface area contributed by atoms with Gasteiger partial charge in [0.25, 0.3) is 0 Å². The van der Waals surface area contributed by atoms with Crippen molar-refractivity contribution in [3.05, 3.63) is 182 Å². The summed E-state index contributed by atoms with van der Waals surface area (Å²) in [5.74, 6) is -1.63. The van der Waals surface area contributed by atoms with Crippen LogP contribution in [0, 0.1) is 0 Å². The molecule has 18 heteroatoms. The number of carbonyl (C=O) groups is 3. The normalized spacial score (nSPS) is 14.6. The van der Waals surface area contributed by atoms with E-state index in [9.17, 15) is 43.5 Å². The summed E-state index contributed by atoms with van der Waals surface area (Å²) in [5.41, 5.74) is 0. The molecule has 0 fully saturated rings. The van der Waals surface area contributed by atoms with Gasteiger partial charge in [0.2, 0.25) is 0 Å². The van der Waals surface area contributed by atoms with Crippen molar-refractivity contribution in [2.75, 3.05) is 39.6 Å². The average Bonchev–Trinajstić information content (AvgIpc) is 0.900. The van der Waals surface area contributed by atoms with Crippen molar-refractivity contribution in [2.24, 2.45) is 0 Å². The first-order chi connectivity index (χ1) is 57.2. The van der Waals surface area contributed by atoms with Crippen LogP contribution in [0.2, 0.25) is 0 Å². The van der Waals surface area contributed by atoms with Crippen LogP contribution in [0.5, 0.6) is 0 Å². The van der Waals surface area contributed by atoms with Gasteiger partial charge in [-0.1, -0.05) is 370 Å². The second-order valence-corrected chi connectivity index (χ2v) is 33.2. The first-order valence-corrected chi connectivity index (χ1v) is 49.1. The second kappa shape index (κ2) is 89.9. The van der Waals surface area contributed by atoms with Gasteiger partial charge in [-0.25, -0.2) is 9.13 Å². The van der Waals surface area contributed by atoms with Crippen molar-refractivity contribution >= 4 is 33.6 Å². The molecule has 0 bridgehead atoms. The minimum absolute atomic E-state index is 0.0444. The summed E-state index contributed by atoms with van der Waals surface area (Å²) in [4.78, 5) is 59.0. The molecule has 668 valence electrons. The maximum Gasteiger partial charge on any atom is 0.472 e. The molecule has 4 N–H and O–H groups in total. The number of ether oxygens (including phenoxy) is 3. The van der Waals surface area contributed by atoms with Gasteiger partial charge < -0.3 is 34.2 Å². The van der Waals surface area contributed by atoms with Crippen molar-refractivity contribution < 1.29 is 75.8 Å². The number of allylic oxidation sites excluding steroid dienone is 30. The summed E-state index contributed by atoms with van der Waals surface area (Å²) in [6, 6.07) is 0. The third-order valence-electron chi connectivity index (χ3n) is 19.1. The molecule has 0 aromatic heterocycles. The molecule has 0 saturated carbocycles. The van der Waals surface area contributed by atoms with E-state index in [1.807, 2.05) is 0 Å². The number of unbranched alkanes of at least 4 members (excludes halogenated alkanes) is 33. The quantitative estimate of drug-likeness (QED) is 0.0146. The van der Waals surface area contributed by atoms with Gasteiger partial charge in [-0.05, 0) is 161 Å². The van der Waals surface area contributed by atoms with E-state index in [0.29, 0.717) is 25.7 Å². The predicted octanol–water partition coefficient (Wildman–Crippen LogP) is 28.4. The van der Waals surface area contributed by atoms with Crippen LogP contribution in [0.4, 0.5) is 0 Å². The highest BCUT2D eigenvalue weighted by Gasteiger charge is 2.29. The lowest BCUT2D eigenvalue weighted by molar-refractivity contribution is -0.161. The highest BCUT2D eigenvalue weighted by molar-refractivity contribution is 7.47. The highest BCUT2D eigenvalue weighted by atomic mass is 31.2. The van der Waals surface area contributed by atoms with Crippen LogP contribution in [0.15, 0.2) is 182 Å². The number of phosphoric ester groups is 2. The first kappa shape index (κ1) is 112. The van der Waals surface area contributed by atoms with Crippen molar-refractivity contribution in [3.8, 4) is 0 Å². The van der Waals surface area contributed by atoms with Gasteiger partial charge in [0.05, 0.1) is 26.4 Å². The zero-order valence-corrected chi connectivity index (χ0v) is 75.4. The minimum atomic E-state index is -4.96. The lowest BCUT2D eigenvalue weighted by Gasteiger charge is -2.21. The molecule has 0 rings (SSSR count). The molecule has 0 aromatic carbocycles. The molecule has 0 amide bonds. The van der Waals surface area contributed by atoms with Crippen molar-refractivity contribution in [2.45, 2.75) is 386 Å². The lowest BCUT2D eigenvalue weighted by atomic mass is 10.0. The molecule has 16 nitrogen and oxygen atoms in total. The largest absolute Gasteiger partial charge is 0.472 e. The van der Waals surface area contributed by atoms with E-state index >= 15 is 0 Å². The van der Waals surface area contributed by atoms with Crippen LogP contribution in [0.1, 0.15) is 367 Å². The summed E-state index contributed by atoms with van der Waals surface area (Å²) in [5, 5.41) is 20.7. The van der Waals surface area contributed by atoms with Gasteiger partial charge in [-0.15, -0.1) is 0 Å². The summed E-state index contributed by atoms with van der Waals surface area (Å²) in [7, 11) is -9.83. The smallest absolute Gasteiger partial charge is 0.463 e. The second-order valence-electron chi connectivity index (χ2n) is 30.3. The minimum Gasteiger partial charge on any atom is -0.463 e. The Hall–Kier alpha value is -5.35. The van der Waals surface area contributed by atoms with E-state index in [4.69, 9.17) is 32.3 Å². The fourth-order valence-corrected chi connectivity index (χ4v) is 13.8. The molecule has 0 aliphatic carbocycles. The number of rotatable bonds is 86. The molecule has 0 radical (unpaired) electrons. The summed E-state index contributed by atoms with van der Waals surface area (Å²) < 4.78 is 61.4. The molecule has 0 aliphatic heterocycles. The number of esters is 3. The van der Waals surface area contributed by atoms with Gasteiger partial charge in [-0.3, -0.25) is 32.5 Å². The van der Waals surface area contributed by atoms with Gasteiger partial charge in [-0.2, -0.15) is 0 Å². The zero-order valence-electron chi connectivity index (χ0n) is 73.6. The number of hydrogen-bond donors (Lipinski definition) is 4. The fraction of sp³-hybridized carbons (Fsp3) is 0.667. The standard InChI is InChI=1S/C99H166O16P2/c1-4-7-10-13-16-19-22-25-28-31-34-37-39-41-43-45-46-48-50-51-53-56-58-61-64-67-70-73-76-79-82-85-97(102)109-88-94(100)89-111-116(105,106)112-90-95(101)91-113-117(107,108)114-93-96(115-99(104)87-84-81-78-75-72-69-66-63-60-55-36-33-30-27-24-21-18-15-12-9-6-3)92-110-98(103)86-83-80-77-74-71-68-65-62-59-57-54-52-49-47-44-42-40-38-35-32-29-26-23-20-17-14-11-8-5-2/h7,9-10,12,16-21,25-30,34-38,41-44,55,63,66,72,75,94-96,100-101H,4-6,8,11,13-15,22-24,31-33,39-40,45-54,56-62,64-65,67-71,73-74,76-93H2,1-3H3,(H,105,106)(H,107,108)/b10-7-,12-9-,19-16-,20-17-,21-18-,28-25-,29-26-,30-27-,37-34-,38-35-,43-41-,44-42-,55-36-,66-63-,75-72-. The number of carbonyl (C=O) groups excluding carboxylic acids is 3. The summed E-state index contributed by atoms with van der Waals surface area (Å²) >= 11 is 0. The third kappa shape index (κ3) is 91.2. The number of hydrogen-bond acceptors (Lipinski definition) is 14. The molecule has 0 aromatic rings. The summed E-state index contributed by atoms with van der Waals surface area (Å²) in [6.45, 7) is 2.40. The van der Waals surface area contributed by atoms with Crippen LogP contribution >= 0.6 is 15.6 Å². The van der Waals surface area contributed by atoms with Crippen molar-refractivity contribution in [1.82, 2.24) is 0 Å². The molecule has 0 saturated heterocycles. The van der Waals surface area contributed by atoms with E-state index in [2.05, 4.69) is 203 Å². The van der Waals surface area contributed by atoms with Gasteiger partial charge in [0.15, 0.2) is 6.10 Å². The first-order valence-electron chi connectivity index (χ1n) is 46.1. The topological polar surface area (TPSA) is 231 Å². The van der Waals surface area contributed by atoms with Crippen LogP contribution in [0.25, 0.3) is 0 Å². The molecule has 5 unspecified atom stereocenters. The Labute approximate surface area is 713 Å². The number of phosphoric acid groups is 2. The molecule has 5 atom stereocenters. The van der Waals surface area contributed by atoms with Gasteiger partial charge >= 0.3 is 33.6 Å². The Kier molecular flexibility index (Phi) is 85.8. The average molecular weight is 1670 g/mol. The highest BCUT2D eigenvalue weighted by Crippen LogP contribution is 2.45. The fourth-order valence-electron chi connectivity index (χ4n) is 12.2. The zero-order chi connectivity index (χ0) is 85.1. The van der Waals surface area contributed by atoms with E-state index in [-0.39, 0.29) is 19.3 Å². The van der Waals surface area contributed by atoms with Crippen LogP contribution in [-0.4, -0.2) is 95.9 Å². The number of aliphatic hydroxyl groups excluding tert-OH is 2. The molecular weight excluding hydrogens is 1510 g/mol. The Morgan fingerprint density at radius 2 is 0.453 bits per heavy atom. The number of aliphatic hydroxyl groups is 2. The van der Waals surface area contributed by atoms with Crippen molar-refractivity contribution in [3.63, 3.8) is 0 Å². The molecule has 0 heterocycles. The van der Waals surface area contributed by atoms with E-state index in [1.54, 1.807) is 0 Å². The monoisotopic (exact) mass is 1670 g/mol. The Morgan fingerprint density at radius 1 is 0.248 bits per heavy atom. The molecular formula is C99H166O16P2. The van der Waals surface area contributed by atoms with E-state index in [0.717, 1.165) is 148 Å². The summed E-state index contributed by atoms with van der Waals surface area (Å²) in [6.07, 6.45) is 118. The van der Waals surface area contributed by atoms with Crippen LogP contribution < -0.4 is 0 Å². The van der Waals surface area contributed by atoms with Gasteiger partial charge in [0, 0.05) is 19.3 Å². The van der Waals surface area contributed by atoms with Crippen LogP contribution in [-0.2, 0) is 55.8 Å². The molecule has 0 spiro atoms. The molecule has 0 aliphatic rings.